The molecule has 0 bridgehead atoms. The molecule has 2 rings (SSSR count). The predicted octanol–water partition coefficient (Wildman–Crippen LogP) is 1.95. The van der Waals surface area contributed by atoms with Gasteiger partial charge >= 0.3 is 0 Å². The lowest BCUT2D eigenvalue weighted by atomic mass is 10.0. The first-order valence-corrected chi connectivity index (χ1v) is 9.78. The molecule has 0 amide bonds. The third kappa shape index (κ3) is 6.12. The van der Waals surface area contributed by atoms with E-state index in [4.69, 9.17) is 11.5 Å². The second-order valence-electron chi connectivity index (χ2n) is 5.56. The van der Waals surface area contributed by atoms with E-state index in [1.807, 2.05) is 60.7 Å². The Balaban J connectivity index is 1.78. The van der Waals surface area contributed by atoms with Crippen LogP contribution in [0.1, 0.15) is 0 Å². The minimum atomic E-state index is -1.05. The molecule has 0 radical (unpaired) electrons. The minimum Gasteiger partial charge on any atom is -0.389 e. The van der Waals surface area contributed by atoms with Crippen molar-refractivity contribution in [2.24, 2.45) is 11.5 Å². The molecule has 4 nitrogen and oxygen atoms in total. The molecule has 0 saturated carbocycles. The van der Waals surface area contributed by atoms with Gasteiger partial charge in [-0.3, -0.25) is 0 Å². The minimum absolute atomic E-state index is 0.515. The standard InChI is InChI=1S/C18H24N2O2S2/c19-15(11-23-13-7-3-1-4-8-13)17(21)18(22)16(20)12-24-14-9-5-2-6-10-14/h1-10,15-18,21-22H,11-12,19-20H2/t15-,16-,17+,18+/m0/s1. The average molecular weight is 365 g/mol. The van der Waals surface area contributed by atoms with Crippen LogP contribution >= 0.6 is 23.5 Å². The number of thioether (sulfide) groups is 2. The molecule has 0 aliphatic rings. The van der Waals surface area contributed by atoms with Crippen molar-refractivity contribution in [1.29, 1.82) is 0 Å². The normalized spacial score (nSPS) is 16.3. The Kier molecular flexibility index (Phi) is 8.11. The second-order valence-corrected chi connectivity index (χ2v) is 7.74. The molecular formula is C18H24N2O2S2. The fourth-order valence-electron chi connectivity index (χ4n) is 2.12. The van der Waals surface area contributed by atoms with Crippen molar-refractivity contribution in [3.63, 3.8) is 0 Å². The van der Waals surface area contributed by atoms with Crippen molar-refractivity contribution in [2.75, 3.05) is 11.5 Å². The van der Waals surface area contributed by atoms with E-state index < -0.39 is 24.3 Å². The maximum Gasteiger partial charge on any atom is 0.0973 e. The Hall–Kier alpha value is -1.02. The Morgan fingerprint density at radius 2 is 1.00 bits per heavy atom. The van der Waals surface area contributed by atoms with Crippen molar-refractivity contribution in [3.05, 3.63) is 60.7 Å². The largest absolute Gasteiger partial charge is 0.389 e. The Labute approximate surface area is 151 Å². The van der Waals surface area contributed by atoms with Gasteiger partial charge in [0.15, 0.2) is 0 Å². The summed E-state index contributed by atoms with van der Waals surface area (Å²) in [7, 11) is 0. The van der Waals surface area contributed by atoms with Gasteiger partial charge in [0.1, 0.15) is 0 Å². The molecule has 24 heavy (non-hydrogen) atoms. The van der Waals surface area contributed by atoms with Gasteiger partial charge in [0.25, 0.3) is 0 Å². The smallest absolute Gasteiger partial charge is 0.0973 e. The molecule has 0 aliphatic heterocycles. The number of rotatable bonds is 9. The van der Waals surface area contributed by atoms with Crippen molar-refractivity contribution in [1.82, 2.24) is 0 Å². The predicted molar refractivity (Wildman–Crippen MR) is 102 cm³/mol. The van der Waals surface area contributed by atoms with E-state index in [-0.39, 0.29) is 0 Å². The van der Waals surface area contributed by atoms with Crippen LogP contribution in [0, 0.1) is 0 Å². The van der Waals surface area contributed by atoms with Crippen LogP contribution in [-0.4, -0.2) is 46.0 Å². The molecule has 0 spiro atoms. The van der Waals surface area contributed by atoms with Crippen molar-refractivity contribution < 1.29 is 10.2 Å². The van der Waals surface area contributed by atoms with Crippen LogP contribution in [0.25, 0.3) is 0 Å². The summed E-state index contributed by atoms with van der Waals surface area (Å²) in [6.07, 6.45) is -2.10. The average Bonchev–Trinajstić information content (AvgIpc) is 2.64. The van der Waals surface area contributed by atoms with Gasteiger partial charge in [0.05, 0.1) is 12.2 Å². The van der Waals surface area contributed by atoms with Crippen LogP contribution < -0.4 is 11.5 Å². The van der Waals surface area contributed by atoms with Gasteiger partial charge in [-0.05, 0) is 24.3 Å². The number of aliphatic hydroxyl groups is 2. The fourth-order valence-corrected chi connectivity index (χ4v) is 3.99. The number of hydrogen-bond acceptors (Lipinski definition) is 6. The summed E-state index contributed by atoms with van der Waals surface area (Å²) in [5, 5.41) is 20.5. The fraction of sp³-hybridized carbons (Fsp3) is 0.333. The molecule has 4 atom stereocenters. The van der Waals surface area contributed by atoms with Crippen molar-refractivity contribution in [3.8, 4) is 0 Å². The molecule has 2 aromatic carbocycles. The maximum atomic E-state index is 10.3. The van der Waals surface area contributed by atoms with Gasteiger partial charge < -0.3 is 21.7 Å². The van der Waals surface area contributed by atoms with E-state index in [2.05, 4.69) is 0 Å². The third-order valence-electron chi connectivity index (χ3n) is 3.60. The maximum absolute atomic E-state index is 10.3. The van der Waals surface area contributed by atoms with Crippen LogP contribution in [0.15, 0.2) is 70.5 Å². The monoisotopic (exact) mass is 364 g/mol. The molecule has 0 fully saturated rings. The Morgan fingerprint density at radius 3 is 1.33 bits per heavy atom. The first kappa shape index (κ1) is 19.3. The lowest BCUT2D eigenvalue weighted by molar-refractivity contribution is -0.00190. The lowest BCUT2D eigenvalue weighted by Crippen LogP contribution is -2.52. The van der Waals surface area contributed by atoms with Crippen LogP contribution in [0.2, 0.25) is 0 Å². The van der Waals surface area contributed by atoms with Crippen LogP contribution in [0.5, 0.6) is 0 Å². The molecule has 0 aliphatic carbocycles. The summed E-state index contributed by atoms with van der Waals surface area (Å²) < 4.78 is 0. The molecule has 0 aromatic heterocycles. The highest BCUT2D eigenvalue weighted by atomic mass is 32.2. The summed E-state index contributed by atoms with van der Waals surface area (Å²) >= 11 is 3.11. The van der Waals surface area contributed by atoms with Gasteiger partial charge in [0, 0.05) is 33.4 Å². The summed E-state index contributed by atoms with van der Waals surface area (Å²) in [5.74, 6) is 1.03. The topological polar surface area (TPSA) is 92.5 Å². The molecule has 6 heteroatoms. The summed E-state index contributed by atoms with van der Waals surface area (Å²) in [4.78, 5) is 2.16. The van der Waals surface area contributed by atoms with Crippen LogP contribution in [0.4, 0.5) is 0 Å². The first-order chi connectivity index (χ1) is 11.6. The Bertz CT molecular complexity index is 533. The molecule has 0 saturated heterocycles. The first-order valence-electron chi connectivity index (χ1n) is 7.81. The Morgan fingerprint density at radius 1 is 0.667 bits per heavy atom. The van der Waals surface area contributed by atoms with Crippen molar-refractivity contribution in [2.45, 2.75) is 34.1 Å². The summed E-state index contributed by atoms with van der Waals surface area (Å²) in [6.45, 7) is 0. The number of nitrogens with two attached hydrogens (primary N) is 2. The zero-order valence-electron chi connectivity index (χ0n) is 13.4. The zero-order valence-corrected chi connectivity index (χ0v) is 15.0. The van der Waals surface area contributed by atoms with Crippen LogP contribution in [0.3, 0.4) is 0 Å². The third-order valence-corrected chi connectivity index (χ3v) is 5.91. The zero-order chi connectivity index (χ0) is 17.4. The van der Waals surface area contributed by atoms with Gasteiger partial charge in [-0.25, -0.2) is 0 Å². The van der Waals surface area contributed by atoms with Crippen LogP contribution in [-0.2, 0) is 0 Å². The lowest BCUT2D eigenvalue weighted by Gasteiger charge is -2.27. The SMILES string of the molecule is N[C@@H](CSc1ccccc1)[C@@H](O)[C@H](O)[C@@H](N)CSc1ccccc1. The van der Waals surface area contributed by atoms with Gasteiger partial charge in [-0.1, -0.05) is 36.4 Å². The highest BCUT2D eigenvalue weighted by Gasteiger charge is 2.28. The number of aliphatic hydroxyl groups excluding tert-OH is 2. The van der Waals surface area contributed by atoms with E-state index in [9.17, 15) is 10.2 Å². The summed E-state index contributed by atoms with van der Waals surface area (Å²) in [5.41, 5.74) is 12.0. The van der Waals surface area contributed by atoms with E-state index >= 15 is 0 Å². The molecule has 6 N–H and O–H groups in total. The molecular weight excluding hydrogens is 340 g/mol. The van der Waals surface area contributed by atoms with E-state index in [1.54, 1.807) is 23.5 Å². The van der Waals surface area contributed by atoms with E-state index in [1.165, 1.54) is 0 Å². The van der Waals surface area contributed by atoms with E-state index in [0.717, 1.165) is 9.79 Å². The highest BCUT2D eigenvalue weighted by Crippen LogP contribution is 2.21. The number of benzene rings is 2. The molecule has 0 heterocycles. The molecule has 0 unspecified atom stereocenters. The van der Waals surface area contributed by atoms with Gasteiger partial charge in [-0.2, -0.15) is 0 Å². The van der Waals surface area contributed by atoms with Gasteiger partial charge in [0.2, 0.25) is 0 Å². The summed E-state index contributed by atoms with van der Waals surface area (Å²) in [6, 6.07) is 18.6. The molecule has 130 valence electrons. The highest BCUT2D eigenvalue weighted by molar-refractivity contribution is 7.99. The quantitative estimate of drug-likeness (QED) is 0.508. The number of hydrogen-bond donors (Lipinski definition) is 4. The van der Waals surface area contributed by atoms with E-state index in [0.29, 0.717) is 11.5 Å². The van der Waals surface area contributed by atoms with Gasteiger partial charge in [-0.15, -0.1) is 23.5 Å². The molecule has 2 aromatic rings. The second kappa shape index (κ2) is 10.1. The van der Waals surface area contributed by atoms with Crippen molar-refractivity contribution >= 4 is 23.5 Å².